The molecule has 0 aliphatic heterocycles. The van der Waals surface area contributed by atoms with Crippen LogP contribution < -0.4 is 4.72 Å². The summed E-state index contributed by atoms with van der Waals surface area (Å²) in [5.74, 6) is 0.636. The lowest BCUT2D eigenvalue weighted by Crippen LogP contribution is -2.40. The predicted molar refractivity (Wildman–Crippen MR) is 72.5 cm³/mol. The summed E-state index contributed by atoms with van der Waals surface area (Å²) in [6.07, 6.45) is 7.00. The second-order valence-corrected chi connectivity index (χ2v) is 7.79. The Hall–Kier alpha value is -0.0900. The summed E-state index contributed by atoms with van der Waals surface area (Å²) in [7, 11) is -3.08. The summed E-state index contributed by atoms with van der Waals surface area (Å²) in [5.41, 5.74) is 0. The van der Waals surface area contributed by atoms with E-state index in [0.717, 1.165) is 38.5 Å². The van der Waals surface area contributed by atoms with Gasteiger partial charge in [-0.3, -0.25) is 0 Å². The summed E-state index contributed by atoms with van der Waals surface area (Å²) < 4.78 is 27.1. The van der Waals surface area contributed by atoms with Gasteiger partial charge in [0, 0.05) is 6.04 Å². The van der Waals surface area contributed by atoms with E-state index in [2.05, 4.69) is 18.6 Å². The zero-order valence-electron chi connectivity index (χ0n) is 11.4. The van der Waals surface area contributed by atoms with Gasteiger partial charge in [-0.05, 0) is 38.5 Å². The van der Waals surface area contributed by atoms with E-state index in [1.807, 2.05) is 6.92 Å². The molecule has 1 rings (SSSR count). The first-order chi connectivity index (χ1) is 7.92. The van der Waals surface area contributed by atoms with Crippen LogP contribution in [0, 0.1) is 5.92 Å². The van der Waals surface area contributed by atoms with Crippen LogP contribution in [-0.4, -0.2) is 19.7 Å². The minimum Gasteiger partial charge on any atom is -0.212 e. The molecule has 1 atom stereocenters. The molecule has 3 nitrogen and oxygen atoms in total. The molecule has 102 valence electrons. The van der Waals surface area contributed by atoms with Gasteiger partial charge in [-0.15, -0.1) is 0 Å². The molecule has 1 aliphatic carbocycles. The van der Waals surface area contributed by atoms with Gasteiger partial charge >= 0.3 is 0 Å². The fourth-order valence-corrected chi connectivity index (χ4v) is 4.22. The van der Waals surface area contributed by atoms with E-state index in [-0.39, 0.29) is 11.3 Å². The van der Waals surface area contributed by atoms with Crippen LogP contribution in [-0.2, 0) is 10.0 Å². The van der Waals surface area contributed by atoms with Gasteiger partial charge in [0.15, 0.2) is 0 Å². The number of nitrogens with one attached hydrogen (secondary N) is 1. The van der Waals surface area contributed by atoms with Crippen LogP contribution in [0.25, 0.3) is 0 Å². The second-order valence-electron chi connectivity index (χ2n) is 5.80. The molecule has 1 aliphatic rings. The van der Waals surface area contributed by atoms with E-state index in [1.54, 1.807) is 0 Å². The van der Waals surface area contributed by atoms with E-state index < -0.39 is 10.0 Å². The normalized spacial score (nSPS) is 20.7. The molecule has 0 aromatic rings. The number of hydrogen-bond donors (Lipinski definition) is 1. The monoisotopic (exact) mass is 261 g/mol. The summed E-state index contributed by atoms with van der Waals surface area (Å²) in [6, 6.07) is 0.0735. The zero-order valence-corrected chi connectivity index (χ0v) is 12.2. The van der Waals surface area contributed by atoms with Crippen molar-refractivity contribution in [2.45, 2.75) is 77.0 Å². The van der Waals surface area contributed by atoms with Crippen molar-refractivity contribution < 1.29 is 8.42 Å². The second kappa shape index (κ2) is 6.74. The van der Waals surface area contributed by atoms with Crippen LogP contribution in [0.15, 0.2) is 0 Å². The first-order valence-electron chi connectivity index (χ1n) is 6.93. The molecule has 0 bridgehead atoms. The van der Waals surface area contributed by atoms with E-state index in [9.17, 15) is 8.42 Å². The van der Waals surface area contributed by atoms with Crippen LogP contribution in [0.3, 0.4) is 0 Å². The largest absolute Gasteiger partial charge is 0.214 e. The Kier molecular flexibility index (Phi) is 5.93. The topological polar surface area (TPSA) is 46.2 Å². The molecule has 0 aromatic heterocycles. The van der Waals surface area contributed by atoms with Crippen molar-refractivity contribution in [1.29, 1.82) is 0 Å². The van der Waals surface area contributed by atoms with Gasteiger partial charge in [-0.1, -0.05) is 33.1 Å². The fourth-order valence-electron chi connectivity index (χ4n) is 2.39. The lowest BCUT2D eigenvalue weighted by atomic mass is 10.0. The molecule has 0 unspecified atom stereocenters. The van der Waals surface area contributed by atoms with E-state index in [4.69, 9.17) is 0 Å². The van der Waals surface area contributed by atoms with Gasteiger partial charge in [-0.2, -0.15) is 0 Å². The van der Waals surface area contributed by atoms with Crippen molar-refractivity contribution in [2.75, 3.05) is 0 Å². The molecule has 0 heterocycles. The number of sulfonamides is 1. The summed E-state index contributed by atoms with van der Waals surface area (Å²) in [6.45, 7) is 6.31. The lowest BCUT2D eigenvalue weighted by molar-refractivity contribution is 0.456. The highest BCUT2D eigenvalue weighted by Gasteiger charge is 2.28. The maximum atomic E-state index is 12.1. The van der Waals surface area contributed by atoms with Crippen LogP contribution >= 0.6 is 0 Å². The summed E-state index contributed by atoms with van der Waals surface area (Å²) in [5, 5.41) is -0.141. The third-order valence-corrected chi connectivity index (χ3v) is 5.61. The number of rotatable bonds is 6. The fraction of sp³-hybridized carbons (Fsp3) is 1.00. The van der Waals surface area contributed by atoms with E-state index in [0.29, 0.717) is 5.92 Å². The maximum Gasteiger partial charge on any atom is 0.214 e. The first-order valence-corrected chi connectivity index (χ1v) is 8.47. The third kappa shape index (κ3) is 5.38. The van der Waals surface area contributed by atoms with Crippen molar-refractivity contribution in [1.82, 2.24) is 4.72 Å². The van der Waals surface area contributed by atoms with Gasteiger partial charge in [-0.25, -0.2) is 13.1 Å². The predicted octanol–water partition coefficient (Wildman–Crippen LogP) is 3.06. The molecule has 0 radical (unpaired) electrons. The Morgan fingerprint density at radius 2 is 1.65 bits per heavy atom. The standard InChI is InChI=1S/C13H27NO2S/c1-11(2)9-10-12(3)14-17(15,16)13-7-5-4-6-8-13/h11-14H,4-10H2,1-3H3/t12-/m0/s1. The number of hydrogen-bond acceptors (Lipinski definition) is 2. The van der Waals surface area contributed by atoms with Crippen LogP contribution in [0.4, 0.5) is 0 Å². The van der Waals surface area contributed by atoms with Crippen molar-refractivity contribution in [2.24, 2.45) is 5.92 Å². The smallest absolute Gasteiger partial charge is 0.212 e. The van der Waals surface area contributed by atoms with Gasteiger partial charge < -0.3 is 0 Å². The molecule has 0 saturated heterocycles. The molecule has 0 amide bonds. The first kappa shape index (κ1) is 15.0. The van der Waals surface area contributed by atoms with Crippen molar-refractivity contribution in [3.63, 3.8) is 0 Å². The van der Waals surface area contributed by atoms with Crippen molar-refractivity contribution >= 4 is 10.0 Å². The van der Waals surface area contributed by atoms with Crippen molar-refractivity contribution in [3.8, 4) is 0 Å². The van der Waals surface area contributed by atoms with Gasteiger partial charge in [0.2, 0.25) is 10.0 Å². The zero-order chi connectivity index (χ0) is 12.9. The Bertz CT molecular complexity index is 305. The SMILES string of the molecule is CC(C)CC[C@H](C)NS(=O)(=O)C1CCCCC1. The average molecular weight is 261 g/mol. The molecule has 17 heavy (non-hydrogen) atoms. The third-order valence-electron chi connectivity index (χ3n) is 3.53. The van der Waals surface area contributed by atoms with Crippen LogP contribution in [0.2, 0.25) is 0 Å². The van der Waals surface area contributed by atoms with Gasteiger partial charge in [0.1, 0.15) is 0 Å². The van der Waals surface area contributed by atoms with Gasteiger partial charge in [0.05, 0.1) is 5.25 Å². The molecule has 0 aromatic carbocycles. The molecule has 4 heteroatoms. The molecule has 1 saturated carbocycles. The van der Waals surface area contributed by atoms with Crippen LogP contribution in [0.1, 0.15) is 65.7 Å². The van der Waals surface area contributed by atoms with Gasteiger partial charge in [0.25, 0.3) is 0 Å². The minimum absolute atomic E-state index is 0.0735. The highest BCUT2D eigenvalue weighted by molar-refractivity contribution is 7.90. The molecular weight excluding hydrogens is 234 g/mol. The highest BCUT2D eigenvalue weighted by atomic mass is 32.2. The molecule has 0 spiro atoms. The Balaban J connectivity index is 2.42. The quantitative estimate of drug-likeness (QED) is 0.798. The van der Waals surface area contributed by atoms with E-state index >= 15 is 0 Å². The maximum absolute atomic E-state index is 12.1. The Morgan fingerprint density at radius 1 is 1.06 bits per heavy atom. The summed E-state index contributed by atoms with van der Waals surface area (Å²) in [4.78, 5) is 0. The summed E-state index contributed by atoms with van der Waals surface area (Å²) >= 11 is 0. The van der Waals surface area contributed by atoms with Crippen molar-refractivity contribution in [3.05, 3.63) is 0 Å². The highest BCUT2D eigenvalue weighted by Crippen LogP contribution is 2.23. The average Bonchev–Trinajstić information content (AvgIpc) is 2.27. The minimum atomic E-state index is -3.08. The molecule has 1 N–H and O–H groups in total. The van der Waals surface area contributed by atoms with Crippen LogP contribution in [0.5, 0.6) is 0 Å². The Morgan fingerprint density at radius 3 is 2.18 bits per heavy atom. The van der Waals surface area contributed by atoms with E-state index in [1.165, 1.54) is 6.42 Å². The molecule has 1 fully saturated rings. The molecular formula is C13H27NO2S. The lowest BCUT2D eigenvalue weighted by Gasteiger charge is -2.24. The Labute approximate surface area is 106 Å².